The second-order valence-corrected chi connectivity index (χ2v) is 7.16. The van der Waals surface area contributed by atoms with Gasteiger partial charge in [-0.2, -0.15) is 0 Å². The maximum Gasteiger partial charge on any atom is 0.225 e. The van der Waals surface area contributed by atoms with Crippen LogP contribution in [0.2, 0.25) is 0 Å². The Balaban J connectivity index is 1.44. The van der Waals surface area contributed by atoms with Gasteiger partial charge in [0, 0.05) is 57.5 Å². The summed E-state index contributed by atoms with van der Waals surface area (Å²) in [6, 6.07) is 0. The molecule has 3 rings (SSSR count). The first kappa shape index (κ1) is 17.0. The maximum absolute atomic E-state index is 12.6. The summed E-state index contributed by atoms with van der Waals surface area (Å²) in [7, 11) is 1.88. The lowest BCUT2D eigenvalue weighted by Gasteiger charge is -2.37. The van der Waals surface area contributed by atoms with Crippen LogP contribution in [0.25, 0.3) is 0 Å². The molecule has 1 saturated carbocycles. The van der Waals surface area contributed by atoms with E-state index in [9.17, 15) is 9.59 Å². The number of hydrogen-bond acceptors (Lipinski definition) is 3. The van der Waals surface area contributed by atoms with Crippen LogP contribution in [0, 0.1) is 18.8 Å². The summed E-state index contributed by atoms with van der Waals surface area (Å²) in [5, 5.41) is 0. The smallest absolute Gasteiger partial charge is 0.225 e. The van der Waals surface area contributed by atoms with E-state index in [4.69, 9.17) is 0 Å². The summed E-state index contributed by atoms with van der Waals surface area (Å²) >= 11 is 0. The number of hydrogen-bond donors (Lipinski definition) is 0. The van der Waals surface area contributed by atoms with Gasteiger partial charge in [-0.25, -0.2) is 4.98 Å². The first-order valence-electron chi connectivity index (χ1n) is 9.07. The van der Waals surface area contributed by atoms with Gasteiger partial charge in [-0.3, -0.25) is 9.59 Å². The summed E-state index contributed by atoms with van der Waals surface area (Å²) in [5.41, 5.74) is 0. The van der Waals surface area contributed by atoms with Gasteiger partial charge in [0.25, 0.3) is 0 Å². The minimum atomic E-state index is 0.0596. The number of piperidine rings is 1. The van der Waals surface area contributed by atoms with Crippen LogP contribution in [-0.4, -0.2) is 57.8 Å². The summed E-state index contributed by atoms with van der Waals surface area (Å²) in [6.45, 7) is 4.90. The second kappa shape index (κ2) is 7.36. The Morgan fingerprint density at radius 1 is 1.21 bits per heavy atom. The van der Waals surface area contributed by atoms with E-state index in [0.29, 0.717) is 12.5 Å². The van der Waals surface area contributed by atoms with Crippen molar-refractivity contribution in [1.82, 2.24) is 19.4 Å². The predicted molar refractivity (Wildman–Crippen MR) is 91.2 cm³/mol. The molecule has 2 fully saturated rings. The summed E-state index contributed by atoms with van der Waals surface area (Å²) in [5.74, 6) is 1.82. The molecule has 0 aromatic carbocycles. The van der Waals surface area contributed by atoms with E-state index in [1.807, 2.05) is 30.0 Å². The number of aryl methyl sites for hydroxylation is 1. The van der Waals surface area contributed by atoms with Crippen LogP contribution < -0.4 is 0 Å². The number of nitrogens with zero attached hydrogens (tertiary/aromatic N) is 4. The zero-order chi connectivity index (χ0) is 17.1. The van der Waals surface area contributed by atoms with Gasteiger partial charge in [-0.05, 0) is 32.6 Å². The van der Waals surface area contributed by atoms with Gasteiger partial charge in [0.15, 0.2) is 0 Å². The van der Waals surface area contributed by atoms with Crippen LogP contribution in [0.3, 0.4) is 0 Å². The lowest BCUT2D eigenvalue weighted by molar-refractivity contribution is -0.143. The molecule has 132 valence electrons. The number of carbonyl (C=O) groups is 2. The lowest BCUT2D eigenvalue weighted by Crippen LogP contribution is -2.46. The number of imidazole rings is 1. The number of carbonyl (C=O) groups excluding carboxylic acids is 2. The van der Waals surface area contributed by atoms with E-state index in [1.165, 1.54) is 6.42 Å². The molecule has 6 heteroatoms. The fraction of sp³-hybridized carbons (Fsp3) is 0.722. The Kier molecular flexibility index (Phi) is 5.21. The molecule has 1 aromatic rings. The van der Waals surface area contributed by atoms with Gasteiger partial charge in [-0.1, -0.05) is 6.42 Å². The van der Waals surface area contributed by atoms with Crippen LogP contribution >= 0.6 is 0 Å². The molecule has 0 unspecified atom stereocenters. The zero-order valence-corrected chi connectivity index (χ0v) is 14.8. The highest BCUT2D eigenvalue weighted by molar-refractivity contribution is 5.81. The van der Waals surface area contributed by atoms with Gasteiger partial charge >= 0.3 is 0 Å². The molecule has 0 atom stereocenters. The molecule has 2 amide bonds. The third kappa shape index (κ3) is 3.62. The van der Waals surface area contributed by atoms with Crippen LogP contribution in [-0.2, 0) is 16.1 Å². The molecule has 1 saturated heterocycles. The summed E-state index contributed by atoms with van der Waals surface area (Å²) in [6.07, 6.45) is 8.61. The highest BCUT2D eigenvalue weighted by Crippen LogP contribution is 2.30. The fourth-order valence-electron chi connectivity index (χ4n) is 3.58. The van der Waals surface area contributed by atoms with Crippen LogP contribution in [0.4, 0.5) is 0 Å². The largest absolute Gasteiger partial charge is 0.344 e. The number of amides is 2. The van der Waals surface area contributed by atoms with Gasteiger partial charge in [0.05, 0.1) is 0 Å². The highest BCUT2D eigenvalue weighted by atomic mass is 16.2. The molecule has 1 aromatic heterocycles. The SMILES string of the molecule is Cc1nccn1CCN(C)C(=O)C1CCN(C(=O)C2CCC2)CC1. The minimum Gasteiger partial charge on any atom is -0.344 e. The third-order valence-corrected chi connectivity index (χ3v) is 5.59. The number of aromatic nitrogens is 2. The van der Waals surface area contributed by atoms with Crippen LogP contribution in [0.15, 0.2) is 12.4 Å². The van der Waals surface area contributed by atoms with Gasteiger partial charge in [-0.15, -0.1) is 0 Å². The first-order chi connectivity index (χ1) is 11.6. The molecule has 0 N–H and O–H groups in total. The fourth-order valence-corrected chi connectivity index (χ4v) is 3.58. The number of likely N-dealkylation sites (tertiary alicyclic amines) is 1. The predicted octanol–water partition coefficient (Wildman–Crippen LogP) is 1.69. The average Bonchev–Trinajstić information content (AvgIpc) is 2.95. The zero-order valence-electron chi connectivity index (χ0n) is 14.8. The summed E-state index contributed by atoms with van der Waals surface area (Å²) < 4.78 is 2.06. The van der Waals surface area contributed by atoms with Crippen molar-refractivity contribution < 1.29 is 9.59 Å². The van der Waals surface area contributed by atoms with Gasteiger partial charge < -0.3 is 14.4 Å². The third-order valence-electron chi connectivity index (χ3n) is 5.59. The minimum absolute atomic E-state index is 0.0596. The van der Waals surface area contributed by atoms with Crippen molar-refractivity contribution in [3.8, 4) is 0 Å². The molecule has 0 spiro atoms. The van der Waals surface area contributed by atoms with E-state index in [0.717, 1.165) is 51.1 Å². The van der Waals surface area contributed by atoms with Crippen molar-refractivity contribution in [2.45, 2.75) is 45.6 Å². The normalized spacial score (nSPS) is 19.2. The highest BCUT2D eigenvalue weighted by Gasteiger charge is 2.33. The Bertz CT molecular complexity index is 586. The molecular weight excluding hydrogens is 304 g/mol. The Morgan fingerprint density at radius 3 is 2.46 bits per heavy atom. The lowest BCUT2D eigenvalue weighted by atomic mass is 9.83. The van der Waals surface area contributed by atoms with Crippen molar-refractivity contribution in [3.63, 3.8) is 0 Å². The van der Waals surface area contributed by atoms with Crippen molar-refractivity contribution in [2.24, 2.45) is 11.8 Å². The molecule has 6 nitrogen and oxygen atoms in total. The molecule has 1 aliphatic heterocycles. The maximum atomic E-state index is 12.6. The Hall–Kier alpha value is -1.85. The van der Waals surface area contributed by atoms with Gasteiger partial charge in [0.2, 0.25) is 11.8 Å². The van der Waals surface area contributed by atoms with E-state index in [1.54, 1.807) is 6.20 Å². The molecule has 0 radical (unpaired) electrons. The van der Waals surface area contributed by atoms with E-state index < -0.39 is 0 Å². The number of rotatable bonds is 5. The van der Waals surface area contributed by atoms with Gasteiger partial charge in [0.1, 0.15) is 5.82 Å². The number of likely N-dealkylation sites (N-methyl/N-ethyl adjacent to an activating group) is 1. The van der Waals surface area contributed by atoms with Crippen molar-refractivity contribution in [3.05, 3.63) is 18.2 Å². The quantitative estimate of drug-likeness (QED) is 0.824. The average molecular weight is 332 g/mol. The van der Waals surface area contributed by atoms with Crippen LogP contribution in [0.1, 0.15) is 37.9 Å². The second-order valence-electron chi connectivity index (χ2n) is 7.16. The molecule has 1 aliphatic carbocycles. The molecule has 2 heterocycles. The standard InChI is InChI=1S/C18H28N4O2/c1-14-19-8-11-21(14)13-12-20(2)17(23)16-6-9-22(10-7-16)18(24)15-4-3-5-15/h8,11,15-16H,3-7,9-10,12-13H2,1-2H3. The van der Waals surface area contributed by atoms with E-state index in [2.05, 4.69) is 9.55 Å². The van der Waals surface area contributed by atoms with Crippen molar-refractivity contribution in [2.75, 3.05) is 26.7 Å². The van der Waals surface area contributed by atoms with E-state index in [-0.39, 0.29) is 17.7 Å². The van der Waals surface area contributed by atoms with Crippen LogP contribution in [0.5, 0.6) is 0 Å². The summed E-state index contributed by atoms with van der Waals surface area (Å²) in [4.78, 5) is 32.9. The van der Waals surface area contributed by atoms with E-state index >= 15 is 0 Å². The topological polar surface area (TPSA) is 58.4 Å². The van der Waals surface area contributed by atoms with Crippen molar-refractivity contribution >= 4 is 11.8 Å². The molecule has 24 heavy (non-hydrogen) atoms. The monoisotopic (exact) mass is 332 g/mol. The Labute approximate surface area is 143 Å². The first-order valence-corrected chi connectivity index (χ1v) is 9.07. The molecule has 0 bridgehead atoms. The van der Waals surface area contributed by atoms with Crippen molar-refractivity contribution in [1.29, 1.82) is 0 Å². The molecular formula is C18H28N4O2. The Morgan fingerprint density at radius 2 is 1.92 bits per heavy atom. The molecule has 2 aliphatic rings.